The quantitative estimate of drug-likeness (QED) is 0.577. The van der Waals surface area contributed by atoms with Crippen LogP contribution in [-0.2, 0) is 18.1 Å². The van der Waals surface area contributed by atoms with Crippen molar-refractivity contribution in [3.63, 3.8) is 0 Å². The second-order valence-electron chi connectivity index (χ2n) is 6.52. The number of phosphoric ester groups is 1. The van der Waals surface area contributed by atoms with Crippen molar-refractivity contribution in [2.45, 2.75) is 13.8 Å². The van der Waals surface area contributed by atoms with Crippen LogP contribution < -0.4 is 0 Å². The molecule has 0 saturated carbocycles. The molecular weight excluding hydrogens is 347 g/mol. The lowest BCUT2D eigenvalue weighted by Gasteiger charge is -2.40. The molecule has 0 fully saturated rings. The summed E-state index contributed by atoms with van der Waals surface area (Å²) >= 11 is 0. The summed E-state index contributed by atoms with van der Waals surface area (Å²) in [5, 5.41) is 0. The van der Waals surface area contributed by atoms with Crippen LogP contribution in [0.1, 0.15) is 13.8 Å². The summed E-state index contributed by atoms with van der Waals surface area (Å²) in [5.41, 5.74) is 6.23. The van der Waals surface area contributed by atoms with E-state index in [1.54, 1.807) is 13.8 Å². The number of hydrogen-bond donors (Lipinski definition) is 0. The van der Waals surface area contributed by atoms with Crippen LogP contribution in [-0.4, -0.2) is 19.8 Å². The number of rotatable bonds is 7. The van der Waals surface area contributed by atoms with E-state index in [9.17, 15) is 4.57 Å². The molecular formula is C21H23O4P. The van der Waals surface area contributed by atoms with Crippen molar-refractivity contribution in [3.05, 3.63) is 82.5 Å². The van der Waals surface area contributed by atoms with E-state index in [0.717, 1.165) is 5.57 Å². The molecule has 0 N–H and O–H groups in total. The van der Waals surface area contributed by atoms with Crippen LogP contribution in [0, 0.1) is 11.8 Å². The predicted molar refractivity (Wildman–Crippen MR) is 102 cm³/mol. The molecule has 0 bridgehead atoms. The molecule has 2 unspecified atom stereocenters. The highest BCUT2D eigenvalue weighted by Crippen LogP contribution is 2.52. The fourth-order valence-electron chi connectivity index (χ4n) is 3.98. The smallest absolute Gasteiger partial charge is 0.287 e. The van der Waals surface area contributed by atoms with Crippen molar-refractivity contribution in [1.82, 2.24) is 0 Å². The molecule has 4 rings (SSSR count). The normalized spacial score (nSPS) is 25.7. The van der Waals surface area contributed by atoms with Gasteiger partial charge < -0.3 is 0 Å². The van der Waals surface area contributed by atoms with Crippen LogP contribution in [0.4, 0.5) is 0 Å². The Labute approximate surface area is 154 Å². The lowest BCUT2D eigenvalue weighted by molar-refractivity contribution is 0.129. The fourth-order valence-corrected chi connectivity index (χ4v) is 5.13. The Kier molecular flexibility index (Phi) is 4.85. The molecule has 0 aromatic carbocycles. The van der Waals surface area contributed by atoms with Crippen molar-refractivity contribution in [2.75, 3.05) is 19.8 Å². The second kappa shape index (κ2) is 7.13. The molecule has 0 aromatic heterocycles. The minimum atomic E-state index is -3.52. The Morgan fingerprint density at radius 1 is 0.808 bits per heavy atom. The van der Waals surface area contributed by atoms with E-state index in [4.69, 9.17) is 13.6 Å². The van der Waals surface area contributed by atoms with Crippen molar-refractivity contribution in [1.29, 1.82) is 0 Å². The molecule has 0 aliphatic heterocycles. The molecule has 0 spiro atoms. The van der Waals surface area contributed by atoms with E-state index in [1.807, 2.05) is 0 Å². The van der Waals surface area contributed by atoms with Gasteiger partial charge in [0.1, 0.15) is 0 Å². The van der Waals surface area contributed by atoms with Crippen LogP contribution in [0.25, 0.3) is 0 Å². The minimum Gasteiger partial charge on any atom is -0.287 e. The summed E-state index contributed by atoms with van der Waals surface area (Å²) in [4.78, 5) is 0. The number of allylic oxidation sites excluding steroid dienone is 12. The number of phosphoric acid groups is 1. The maximum atomic E-state index is 12.6. The maximum absolute atomic E-state index is 12.6. The molecule has 136 valence electrons. The second-order valence-corrected chi connectivity index (χ2v) is 8.19. The SMILES string of the molecule is CCOP(=O)(OCC)OCC1=C2C=CC3=CC=CC4=CC=C(C=C1)C2C34. The lowest BCUT2D eigenvalue weighted by Crippen LogP contribution is -2.29. The van der Waals surface area contributed by atoms with Gasteiger partial charge in [0.05, 0.1) is 19.8 Å². The highest BCUT2D eigenvalue weighted by atomic mass is 31.2. The maximum Gasteiger partial charge on any atom is 0.475 e. The predicted octanol–water partition coefficient (Wildman–Crippen LogP) is 5.22. The zero-order valence-corrected chi connectivity index (χ0v) is 15.9. The average Bonchev–Trinajstić information content (AvgIpc) is 2.65. The first-order chi connectivity index (χ1) is 12.6. The third-order valence-electron chi connectivity index (χ3n) is 5.05. The van der Waals surface area contributed by atoms with Gasteiger partial charge in [-0.25, -0.2) is 4.57 Å². The third-order valence-corrected chi connectivity index (χ3v) is 6.64. The third kappa shape index (κ3) is 3.08. The van der Waals surface area contributed by atoms with Crippen molar-refractivity contribution in [3.8, 4) is 0 Å². The lowest BCUT2D eigenvalue weighted by atomic mass is 9.63. The highest BCUT2D eigenvalue weighted by molar-refractivity contribution is 7.48. The van der Waals surface area contributed by atoms with Gasteiger partial charge in [-0.3, -0.25) is 13.6 Å². The van der Waals surface area contributed by atoms with Gasteiger partial charge in [-0.2, -0.15) is 0 Å². The molecule has 5 heteroatoms. The summed E-state index contributed by atoms with van der Waals surface area (Å²) < 4.78 is 28.7. The monoisotopic (exact) mass is 370 g/mol. The van der Waals surface area contributed by atoms with E-state index >= 15 is 0 Å². The first-order valence-corrected chi connectivity index (χ1v) is 10.5. The van der Waals surface area contributed by atoms with Crippen LogP contribution in [0.5, 0.6) is 0 Å². The van der Waals surface area contributed by atoms with E-state index in [2.05, 4.69) is 54.7 Å². The Morgan fingerprint density at radius 2 is 1.46 bits per heavy atom. The first-order valence-electron chi connectivity index (χ1n) is 9.08. The average molecular weight is 370 g/mol. The summed E-state index contributed by atoms with van der Waals surface area (Å²) in [6.07, 6.45) is 19.4. The molecule has 4 aliphatic carbocycles. The van der Waals surface area contributed by atoms with Gasteiger partial charge in [0, 0.05) is 11.8 Å². The largest absolute Gasteiger partial charge is 0.475 e. The molecule has 0 heterocycles. The van der Waals surface area contributed by atoms with Crippen molar-refractivity contribution in [2.24, 2.45) is 11.8 Å². The van der Waals surface area contributed by atoms with E-state index in [0.29, 0.717) is 11.8 Å². The molecule has 26 heavy (non-hydrogen) atoms. The fraction of sp³-hybridized carbons (Fsp3) is 0.333. The molecule has 0 radical (unpaired) electrons. The van der Waals surface area contributed by atoms with Gasteiger partial charge in [-0.05, 0) is 41.7 Å². The van der Waals surface area contributed by atoms with E-state index in [1.165, 1.54) is 22.3 Å². The van der Waals surface area contributed by atoms with Gasteiger partial charge >= 0.3 is 7.82 Å². The molecule has 4 aliphatic rings. The van der Waals surface area contributed by atoms with Crippen LogP contribution in [0.15, 0.2) is 82.5 Å². The van der Waals surface area contributed by atoms with Gasteiger partial charge in [0.2, 0.25) is 0 Å². The van der Waals surface area contributed by atoms with Crippen molar-refractivity contribution < 1.29 is 18.1 Å². The Bertz CT molecular complexity index is 856. The summed E-state index contributed by atoms with van der Waals surface area (Å²) in [5.74, 6) is 0.643. The van der Waals surface area contributed by atoms with Crippen LogP contribution in [0.2, 0.25) is 0 Å². The highest BCUT2D eigenvalue weighted by Gasteiger charge is 2.38. The zero-order chi connectivity index (χ0) is 18.1. The number of hydrogen-bond acceptors (Lipinski definition) is 4. The molecule has 0 amide bonds. The zero-order valence-electron chi connectivity index (χ0n) is 15.1. The van der Waals surface area contributed by atoms with E-state index in [-0.39, 0.29) is 19.8 Å². The van der Waals surface area contributed by atoms with Gasteiger partial charge in [0.25, 0.3) is 0 Å². The summed E-state index contributed by atoms with van der Waals surface area (Å²) in [6.45, 7) is 4.33. The topological polar surface area (TPSA) is 44.8 Å². The molecule has 0 saturated heterocycles. The van der Waals surface area contributed by atoms with Gasteiger partial charge in [0.15, 0.2) is 0 Å². The standard InChI is InChI=1S/C21H23O4P/c1-3-23-26(22,24-4-2)25-14-18-11-10-17-9-8-15-6-5-7-16-12-13-19(18)21(17)20(15)16/h5-13,20-21H,3-4,14H2,1-2H3. The molecule has 2 atom stereocenters. The minimum absolute atomic E-state index is 0.206. The van der Waals surface area contributed by atoms with Gasteiger partial charge in [-0.15, -0.1) is 0 Å². The van der Waals surface area contributed by atoms with Crippen molar-refractivity contribution >= 4 is 7.82 Å². The summed E-state index contributed by atoms with van der Waals surface area (Å²) in [6, 6.07) is 0. The molecule has 4 nitrogen and oxygen atoms in total. The Hall–Kier alpha value is -1.71. The Balaban J connectivity index is 1.64. The first kappa shape index (κ1) is 17.7. The Morgan fingerprint density at radius 3 is 2.19 bits per heavy atom. The van der Waals surface area contributed by atoms with Gasteiger partial charge in [-0.1, -0.05) is 54.7 Å². The van der Waals surface area contributed by atoms with E-state index < -0.39 is 7.82 Å². The summed E-state index contributed by atoms with van der Waals surface area (Å²) in [7, 11) is -3.52. The van der Waals surface area contributed by atoms with Crippen LogP contribution >= 0.6 is 7.82 Å². The van der Waals surface area contributed by atoms with Crippen LogP contribution in [0.3, 0.4) is 0 Å². The molecule has 0 aromatic rings.